The van der Waals surface area contributed by atoms with Gasteiger partial charge < -0.3 is 19.2 Å². The second kappa shape index (κ2) is 6.91. The average molecular weight is 405 g/mol. The standard InChI is InChI=1S/C22H19N3O5/c1-22(15-7-8-17-18(11-15)29-10-9-28-17)20(26)25(21(27)24-22)12-16-13-30-19(23-16)14-5-3-2-4-6-14/h2-8,11,13H,9-10,12H2,1H3,(H,24,27). The third-order valence-electron chi connectivity index (χ3n) is 5.29. The minimum Gasteiger partial charge on any atom is -0.486 e. The average Bonchev–Trinajstić information content (AvgIpc) is 3.33. The summed E-state index contributed by atoms with van der Waals surface area (Å²) in [5.74, 6) is 1.25. The number of carbonyl (C=O) groups is 2. The topological polar surface area (TPSA) is 93.9 Å². The summed E-state index contributed by atoms with van der Waals surface area (Å²) in [4.78, 5) is 31.4. The second-order valence-corrected chi connectivity index (χ2v) is 7.31. The largest absolute Gasteiger partial charge is 0.486 e. The van der Waals surface area contributed by atoms with E-state index in [9.17, 15) is 9.59 Å². The Balaban J connectivity index is 1.39. The number of hydrogen-bond donors (Lipinski definition) is 1. The number of nitrogens with one attached hydrogen (secondary N) is 1. The molecule has 3 aromatic rings. The molecule has 1 saturated heterocycles. The molecule has 152 valence electrons. The van der Waals surface area contributed by atoms with E-state index in [1.165, 1.54) is 6.26 Å². The molecule has 1 N–H and O–H groups in total. The van der Waals surface area contributed by atoms with Crippen molar-refractivity contribution in [3.05, 3.63) is 66.1 Å². The van der Waals surface area contributed by atoms with E-state index in [1.807, 2.05) is 30.3 Å². The molecule has 5 rings (SSSR count). The molecule has 3 amide bonds. The Kier molecular flexibility index (Phi) is 4.20. The van der Waals surface area contributed by atoms with E-state index in [1.54, 1.807) is 25.1 Å². The van der Waals surface area contributed by atoms with E-state index >= 15 is 0 Å². The van der Waals surface area contributed by atoms with E-state index in [4.69, 9.17) is 13.9 Å². The Morgan fingerprint density at radius 3 is 2.63 bits per heavy atom. The van der Waals surface area contributed by atoms with Crippen LogP contribution in [0.15, 0.2) is 59.2 Å². The third-order valence-corrected chi connectivity index (χ3v) is 5.29. The number of urea groups is 1. The van der Waals surface area contributed by atoms with Crippen molar-refractivity contribution < 1.29 is 23.5 Å². The van der Waals surface area contributed by atoms with Gasteiger partial charge in [-0.1, -0.05) is 24.3 Å². The van der Waals surface area contributed by atoms with Crippen LogP contribution < -0.4 is 14.8 Å². The highest BCUT2D eigenvalue weighted by atomic mass is 16.6. The minimum atomic E-state index is -1.21. The zero-order valence-corrected chi connectivity index (χ0v) is 16.3. The Morgan fingerprint density at radius 1 is 1.07 bits per heavy atom. The lowest BCUT2D eigenvalue weighted by Gasteiger charge is -2.25. The van der Waals surface area contributed by atoms with Gasteiger partial charge in [-0.3, -0.25) is 9.69 Å². The zero-order chi connectivity index (χ0) is 20.7. The molecular weight excluding hydrogens is 386 g/mol. The smallest absolute Gasteiger partial charge is 0.325 e. The lowest BCUT2D eigenvalue weighted by Crippen LogP contribution is -2.41. The van der Waals surface area contributed by atoms with Crippen LogP contribution in [-0.4, -0.2) is 35.0 Å². The summed E-state index contributed by atoms with van der Waals surface area (Å²) >= 11 is 0. The Morgan fingerprint density at radius 2 is 1.83 bits per heavy atom. The molecule has 0 saturated carbocycles. The molecule has 2 aliphatic rings. The molecule has 8 nitrogen and oxygen atoms in total. The summed E-state index contributed by atoms with van der Waals surface area (Å²) in [6, 6.07) is 14.2. The minimum absolute atomic E-state index is 0.0150. The van der Waals surface area contributed by atoms with Gasteiger partial charge in [0.25, 0.3) is 5.91 Å². The van der Waals surface area contributed by atoms with Crippen LogP contribution in [0.4, 0.5) is 4.79 Å². The molecule has 1 atom stereocenters. The number of ether oxygens (including phenoxy) is 2. The zero-order valence-electron chi connectivity index (χ0n) is 16.3. The molecule has 1 fully saturated rings. The molecule has 0 aliphatic carbocycles. The maximum atomic E-state index is 13.2. The summed E-state index contributed by atoms with van der Waals surface area (Å²) in [6.07, 6.45) is 1.46. The van der Waals surface area contributed by atoms with Gasteiger partial charge in [0.05, 0.1) is 12.2 Å². The first-order valence-electron chi connectivity index (χ1n) is 9.59. The van der Waals surface area contributed by atoms with Crippen molar-refractivity contribution >= 4 is 11.9 Å². The van der Waals surface area contributed by atoms with Crippen LogP contribution in [-0.2, 0) is 16.9 Å². The number of nitrogens with zero attached hydrogens (tertiary/aromatic N) is 2. The van der Waals surface area contributed by atoms with Crippen LogP contribution >= 0.6 is 0 Å². The van der Waals surface area contributed by atoms with Gasteiger partial charge in [0.2, 0.25) is 5.89 Å². The van der Waals surface area contributed by atoms with Gasteiger partial charge in [0.15, 0.2) is 11.5 Å². The SMILES string of the molecule is CC1(c2ccc3c(c2)OCCO3)NC(=O)N(Cc2coc(-c3ccccc3)n2)C1=O. The van der Waals surface area contributed by atoms with Gasteiger partial charge >= 0.3 is 6.03 Å². The highest BCUT2D eigenvalue weighted by molar-refractivity contribution is 6.07. The van der Waals surface area contributed by atoms with Crippen LogP contribution in [0, 0.1) is 0 Å². The number of hydrogen-bond acceptors (Lipinski definition) is 6. The number of oxazole rings is 1. The quantitative estimate of drug-likeness (QED) is 0.671. The van der Waals surface area contributed by atoms with Crippen LogP contribution in [0.3, 0.4) is 0 Å². The van der Waals surface area contributed by atoms with E-state index < -0.39 is 11.6 Å². The van der Waals surface area contributed by atoms with Crippen molar-refractivity contribution in [2.75, 3.05) is 13.2 Å². The Hall–Kier alpha value is -3.81. The fourth-order valence-corrected chi connectivity index (χ4v) is 3.65. The van der Waals surface area contributed by atoms with Crippen molar-refractivity contribution in [1.82, 2.24) is 15.2 Å². The van der Waals surface area contributed by atoms with E-state index in [-0.39, 0.29) is 12.5 Å². The summed E-state index contributed by atoms with van der Waals surface area (Å²) in [5, 5.41) is 2.79. The molecular formula is C22H19N3O5. The van der Waals surface area contributed by atoms with Crippen molar-refractivity contribution in [2.24, 2.45) is 0 Å². The number of imide groups is 1. The third kappa shape index (κ3) is 2.97. The lowest BCUT2D eigenvalue weighted by molar-refractivity contribution is -0.131. The van der Waals surface area contributed by atoms with Crippen LogP contribution in [0.5, 0.6) is 11.5 Å². The highest BCUT2D eigenvalue weighted by Gasteiger charge is 2.49. The molecule has 2 aromatic carbocycles. The molecule has 1 unspecified atom stereocenters. The van der Waals surface area contributed by atoms with Crippen molar-refractivity contribution in [3.8, 4) is 23.0 Å². The summed E-state index contributed by atoms with van der Waals surface area (Å²) in [6.45, 7) is 2.61. The normalized spacial score (nSPS) is 20.4. The van der Waals surface area contributed by atoms with Gasteiger partial charge in [0.1, 0.15) is 25.0 Å². The number of amides is 3. The molecule has 1 aromatic heterocycles. The van der Waals surface area contributed by atoms with Gasteiger partial charge in [-0.15, -0.1) is 0 Å². The maximum absolute atomic E-state index is 13.2. The molecule has 8 heteroatoms. The number of benzene rings is 2. The Labute approximate surface area is 172 Å². The first-order chi connectivity index (χ1) is 14.5. The molecule has 30 heavy (non-hydrogen) atoms. The molecule has 0 radical (unpaired) electrons. The number of aromatic nitrogens is 1. The van der Waals surface area contributed by atoms with E-state index in [0.717, 1.165) is 10.5 Å². The summed E-state index contributed by atoms with van der Waals surface area (Å²) < 4.78 is 16.7. The van der Waals surface area contributed by atoms with Crippen LogP contribution in [0.2, 0.25) is 0 Å². The molecule has 2 aliphatic heterocycles. The van der Waals surface area contributed by atoms with Crippen LogP contribution in [0.1, 0.15) is 18.2 Å². The first-order valence-corrected chi connectivity index (χ1v) is 9.59. The fourth-order valence-electron chi connectivity index (χ4n) is 3.65. The number of fused-ring (bicyclic) bond motifs is 1. The van der Waals surface area contributed by atoms with E-state index in [0.29, 0.717) is 41.9 Å². The summed E-state index contributed by atoms with van der Waals surface area (Å²) in [7, 11) is 0. The van der Waals surface area contributed by atoms with E-state index in [2.05, 4.69) is 10.3 Å². The van der Waals surface area contributed by atoms with Gasteiger partial charge in [0, 0.05) is 5.56 Å². The monoisotopic (exact) mass is 405 g/mol. The highest BCUT2D eigenvalue weighted by Crippen LogP contribution is 2.37. The van der Waals surface area contributed by atoms with Crippen molar-refractivity contribution in [1.29, 1.82) is 0 Å². The summed E-state index contributed by atoms with van der Waals surface area (Å²) in [5.41, 5.74) is 0.724. The van der Waals surface area contributed by atoms with Gasteiger partial charge in [-0.25, -0.2) is 9.78 Å². The van der Waals surface area contributed by atoms with Gasteiger partial charge in [-0.05, 0) is 36.8 Å². The predicted molar refractivity (Wildman–Crippen MR) is 106 cm³/mol. The molecule has 0 bridgehead atoms. The van der Waals surface area contributed by atoms with Crippen molar-refractivity contribution in [3.63, 3.8) is 0 Å². The molecule has 3 heterocycles. The number of carbonyl (C=O) groups excluding carboxylic acids is 2. The second-order valence-electron chi connectivity index (χ2n) is 7.31. The first kappa shape index (κ1) is 18.2. The number of rotatable bonds is 4. The maximum Gasteiger partial charge on any atom is 0.325 e. The van der Waals surface area contributed by atoms with Crippen LogP contribution in [0.25, 0.3) is 11.5 Å². The Bertz CT molecular complexity index is 1130. The fraction of sp³-hybridized carbons (Fsp3) is 0.227. The predicted octanol–water partition coefficient (Wildman–Crippen LogP) is 3.08. The molecule has 0 spiro atoms. The lowest BCUT2D eigenvalue weighted by atomic mass is 9.91. The van der Waals surface area contributed by atoms with Crippen molar-refractivity contribution in [2.45, 2.75) is 19.0 Å². The van der Waals surface area contributed by atoms with Gasteiger partial charge in [-0.2, -0.15) is 0 Å².